The number of para-hydroxylation sites is 1. The van der Waals surface area contributed by atoms with E-state index in [0.717, 1.165) is 44.4 Å². The van der Waals surface area contributed by atoms with Gasteiger partial charge in [-0.05, 0) is 30.4 Å². The number of aromatic nitrogens is 1. The Bertz CT molecular complexity index is 698. The van der Waals surface area contributed by atoms with Crippen LogP contribution >= 0.6 is 11.3 Å². The second kappa shape index (κ2) is 7.42. The molecule has 1 saturated carbocycles. The predicted octanol–water partition coefficient (Wildman–Crippen LogP) is 3.52. The highest BCUT2D eigenvalue weighted by molar-refractivity contribution is 7.18. The van der Waals surface area contributed by atoms with E-state index < -0.39 is 0 Å². The summed E-state index contributed by atoms with van der Waals surface area (Å²) in [5.41, 5.74) is 1.20. The van der Waals surface area contributed by atoms with Crippen LogP contribution < -0.4 is 10.6 Å². The normalized spacial score (nSPS) is 20.3. The molecular formula is C20H27N3OS. The maximum atomic E-state index is 12.6. The maximum absolute atomic E-state index is 12.6. The molecule has 2 aromatic rings. The summed E-state index contributed by atoms with van der Waals surface area (Å²) in [6, 6.07) is 8.35. The van der Waals surface area contributed by atoms with E-state index in [1.165, 1.54) is 29.0 Å². The summed E-state index contributed by atoms with van der Waals surface area (Å²) in [4.78, 5) is 17.4. The van der Waals surface area contributed by atoms with E-state index in [-0.39, 0.29) is 11.3 Å². The molecular weight excluding hydrogens is 330 g/mol. The Morgan fingerprint density at radius 3 is 2.76 bits per heavy atom. The minimum atomic E-state index is 0.105. The summed E-state index contributed by atoms with van der Waals surface area (Å²) < 4.78 is 1.25. The molecule has 2 fully saturated rings. The van der Waals surface area contributed by atoms with Gasteiger partial charge in [-0.2, -0.15) is 0 Å². The number of benzene rings is 1. The Kier molecular flexibility index (Phi) is 5.04. The highest BCUT2D eigenvalue weighted by Crippen LogP contribution is 2.43. The number of carbonyl (C=O) groups excluding carboxylic acids is 1. The van der Waals surface area contributed by atoms with Gasteiger partial charge in [0.1, 0.15) is 0 Å². The van der Waals surface area contributed by atoms with E-state index in [1.807, 2.05) is 6.07 Å². The molecule has 4 rings (SSSR count). The average molecular weight is 358 g/mol. The number of carbonyl (C=O) groups is 1. The number of fused-ring (bicyclic) bond motifs is 1. The first-order valence-corrected chi connectivity index (χ1v) is 10.4. The zero-order valence-electron chi connectivity index (χ0n) is 14.7. The first-order valence-electron chi connectivity index (χ1n) is 9.54. The molecule has 1 aliphatic heterocycles. The van der Waals surface area contributed by atoms with Crippen LogP contribution in [0.4, 0.5) is 0 Å². The Hall–Kier alpha value is -1.46. The number of hydrogen-bond acceptors (Lipinski definition) is 4. The van der Waals surface area contributed by atoms with Crippen LogP contribution in [0.15, 0.2) is 24.3 Å². The number of thiazole rings is 1. The number of rotatable bonds is 6. The fourth-order valence-electron chi connectivity index (χ4n) is 4.19. The lowest BCUT2D eigenvalue weighted by molar-refractivity contribution is -0.124. The van der Waals surface area contributed by atoms with Crippen molar-refractivity contribution in [3.63, 3.8) is 0 Å². The van der Waals surface area contributed by atoms with Gasteiger partial charge in [0.25, 0.3) is 0 Å². The van der Waals surface area contributed by atoms with Crippen LogP contribution in [-0.4, -0.2) is 30.5 Å². The van der Waals surface area contributed by atoms with E-state index in [2.05, 4.69) is 28.8 Å². The molecule has 0 atom stereocenters. The highest BCUT2D eigenvalue weighted by atomic mass is 32.1. The van der Waals surface area contributed by atoms with Gasteiger partial charge in [0.05, 0.1) is 15.2 Å². The molecule has 25 heavy (non-hydrogen) atoms. The molecule has 0 spiro atoms. The SMILES string of the molecule is O=C(CC1(Cc2nc3ccccc3s2)CCCCC1)NCC1CNC1. The molecule has 5 heteroatoms. The van der Waals surface area contributed by atoms with Gasteiger partial charge >= 0.3 is 0 Å². The summed E-state index contributed by atoms with van der Waals surface area (Å²) >= 11 is 1.80. The zero-order chi connectivity index (χ0) is 17.1. The van der Waals surface area contributed by atoms with Gasteiger partial charge in [0.2, 0.25) is 5.91 Å². The summed E-state index contributed by atoms with van der Waals surface area (Å²) in [5, 5.41) is 7.63. The number of nitrogens with zero attached hydrogens (tertiary/aromatic N) is 1. The van der Waals surface area contributed by atoms with Crippen LogP contribution in [0.2, 0.25) is 0 Å². The van der Waals surface area contributed by atoms with Gasteiger partial charge in [-0.3, -0.25) is 4.79 Å². The van der Waals surface area contributed by atoms with Crippen LogP contribution in [-0.2, 0) is 11.2 Å². The van der Waals surface area contributed by atoms with Gasteiger partial charge in [-0.25, -0.2) is 4.98 Å². The summed E-state index contributed by atoms with van der Waals surface area (Å²) in [5.74, 6) is 0.852. The molecule has 1 aromatic heterocycles. The number of hydrogen-bond donors (Lipinski definition) is 2. The monoisotopic (exact) mass is 357 g/mol. The first kappa shape index (κ1) is 17.0. The minimum Gasteiger partial charge on any atom is -0.356 e. The third kappa shape index (κ3) is 4.04. The van der Waals surface area contributed by atoms with Crippen LogP contribution in [0.1, 0.15) is 43.5 Å². The van der Waals surface area contributed by atoms with E-state index >= 15 is 0 Å². The molecule has 134 valence electrons. The molecule has 1 aliphatic carbocycles. The lowest BCUT2D eigenvalue weighted by Gasteiger charge is -2.36. The average Bonchev–Trinajstić information content (AvgIpc) is 2.95. The molecule has 1 saturated heterocycles. The van der Waals surface area contributed by atoms with Gasteiger partial charge in [0.15, 0.2) is 0 Å². The van der Waals surface area contributed by atoms with Crippen LogP contribution in [0.3, 0.4) is 0 Å². The number of amides is 1. The van der Waals surface area contributed by atoms with Crippen molar-refractivity contribution in [1.29, 1.82) is 0 Å². The Morgan fingerprint density at radius 2 is 2.04 bits per heavy atom. The van der Waals surface area contributed by atoms with Crippen molar-refractivity contribution >= 4 is 27.5 Å². The fourth-order valence-corrected chi connectivity index (χ4v) is 5.33. The lowest BCUT2D eigenvalue weighted by atomic mass is 9.69. The molecule has 1 aromatic carbocycles. The Morgan fingerprint density at radius 1 is 1.24 bits per heavy atom. The summed E-state index contributed by atoms with van der Waals surface area (Å²) in [7, 11) is 0. The van der Waals surface area contributed by atoms with Crippen molar-refractivity contribution in [2.24, 2.45) is 11.3 Å². The molecule has 2 aliphatic rings. The summed E-state index contributed by atoms with van der Waals surface area (Å²) in [6.45, 7) is 2.90. The molecule has 2 N–H and O–H groups in total. The smallest absolute Gasteiger partial charge is 0.220 e. The highest BCUT2D eigenvalue weighted by Gasteiger charge is 2.35. The van der Waals surface area contributed by atoms with Crippen molar-refractivity contribution in [2.45, 2.75) is 44.9 Å². The Labute approximate surface area is 153 Å². The van der Waals surface area contributed by atoms with Crippen molar-refractivity contribution in [3.8, 4) is 0 Å². The topological polar surface area (TPSA) is 54.0 Å². The zero-order valence-corrected chi connectivity index (χ0v) is 15.5. The maximum Gasteiger partial charge on any atom is 0.220 e. The summed E-state index contributed by atoms with van der Waals surface area (Å²) in [6.07, 6.45) is 7.70. The second-order valence-corrected chi connectivity index (χ2v) is 8.93. The lowest BCUT2D eigenvalue weighted by Crippen LogP contribution is -2.48. The van der Waals surface area contributed by atoms with Crippen molar-refractivity contribution in [3.05, 3.63) is 29.3 Å². The van der Waals surface area contributed by atoms with Crippen molar-refractivity contribution < 1.29 is 4.79 Å². The van der Waals surface area contributed by atoms with Gasteiger partial charge in [-0.1, -0.05) is 31.4 Å². The van der Waals surface area contributed by atoms with E-state index in [4.69, 9.17) is 4.98 Å². The van der Waals surface area contributed by atoms with E-state index in [0.29, 0.717) is 12.3 Å². The molecule has 0 bridgehead atoms. The minimum absolute atomic E-state index is 0.105. The van der Waals surface area contributed by atoms with Gasteiger partial charge < -0.3 is 10.6 Å². The second-order valence-electron chi connectivity index (χ2n) is 7.82. The fraction of sp³-hybridized carbons (Fsp3) is 0.600. The molecule has 4 nitrogen and oxygen atoms in total. The standard InChI is InChI=1S/C20H27N3OS/c24-18(22-14-15-12-21-13-15)10-20(8-4-1-5-9-20)11-19-23-16-6-2-3-7-17(16)25-19/h2-3,6-7,15,21H,1,4-5,8-14H2,(H,22,24). The quantitative estimate of drug-likeness (QED) is 0.832. The van der Waals surface area contributed by atoms with E-state index in [1.54, 1.807) is 11.3 Å². The predicted molar refractivity (Wildman–Crippen MR) is 103 cm³/mol. The van der Waals surface area contributed by atoms with Gasteiger partial charge in [-0.15, -0.1) is 11.3 Å². The van der Waals surface area contributed by atoms with E-state index in [9.17, 15) is 4.79 Å². The third-order valence-electron chi connectivity index (χ3n) is 5.77. The van der Waals surface area contributed by atoms with Crippen molar-refractivity contribution in [1.82, 2.24) is 15.6 Å². The number of nitrogens with one attached hydrogen (secondary N) is 2. The first-order chi connectivity index (χ1) is 12.2. The molecule has 2 heterocycles. The Balaban J connectivity index is 1.45. The van der Waals surface area contributed by atoms with Crippen LogP contribution in [0.5, 0.6) is 0 Å². The van der Waals surface area contributed by atoms with Crippen LogP contribution in [0, 0.1) is 11.3 Å². The molecule has 0 unspecified atom stereocenters. The van der Waals surface area contributed by atoms with Gasteiger partial charge in [0, 0.05) is 38.4 Å². The largest absolute Gasteiger partial charge is 0.356 e. The third-order valence-corrected chi connectivity index (χ3v) is 6.80. The van der Waals surface area contributed by atoms with Crippen molar-refractivity contribution in [2.75, 3.05) is 19.6 Å². The molecule has 1 amide bonds. The van der Waals surface area contributed by atoms with Crippen LogP contribution in [0.25, 0.3) is 10.2 Å². The molecule has 0 radical (unpaired) electrons.